The number of amides is 1. The maximum Gasteiger partial charge on any atom is 0.410 e. The van der Waals surface area contributed by atoms with Crippen LogP contribution in [-0.2, 0) is 17.7 Å². The number of carbonyl (C=O) groups is 1. The van der Waals surface area contributed by atoms with Crippen LogP contribution >= 0.6 is 11.3 Å². The van der Waals surface area contributed by atoms with Gasteiger partial charge in [-0.05, 0) is 107 Å². The van der Waals surface area contributed by atoms with Crippen LogP contribution in [0.15, 0.2) is 36.4 Å². The van der Waals surface area contributed by atoms with Crippen LogP contribution in [0.3, 0.4) is 0 Å². The van der Waals surface area contributed by atoms with Crippen molar-refractivity contribution in [2.24, 2.45) is 5.41 Å². The van der Waals surface area contributed by atoms with E-state index in [9.17, 15) is 9.90 Å². The predicted molar refractivity (Wildman–Crippen MR) is 194 cm³/mol. The fourth-order valence-corrected chi connectivity index (χ4v) is 9.02. The second-order valence-corrected chi connectivity index (χ2v) is 16.2. The highest BCUT2D eigenvalue weighted by atomic mass is 32.1. The first-order chi connectivity index (χ1) is 23.0. The summed E-state index contributed by atoms with van der Waals surface area (Å²) in [5.74, 6) is 0.954. The summed E-state index contributed by atoms with van der Waals surface area (Å²) >= 11 is 1.79. The van der Waals surface area contributed by atoms with Crippen LogP contribution in [0.5, 0.6) is 5.75 Å². The summed E-state index contributed by atoms with van der Waals surface area (Å²) in [6.07, 6.45) is 6.34. The van der Waals surface area contributed by atoms with E-state index in [1.165, 1.54) is 51.2 Å². The summed E-state index contributed by atoms with van der Waals surface area (Å²) in [5, 5.41) is 10.5. The number of β-amino-alcohol motifs (C(OH)–C–C–N with tert-alkyl or cyclic N) is 1. The average molecular weight is 675 g/mol. The zero-order valence-corrected chi connectivity index (χ0v) is 30.5. The Morgan fingerprint density at radius 2 is 1.67 bits per heavy atom. The molecule has 8 nitrogen and oxygen atoms in total. The van der Waals surface area contributed by atoms with Crippen molar-refractivity contribution in [2.75, 3.05) is 59.0 Å². The lowest BCUT2D eigenvalue weighted by atomic mass is 9.72. The first-order valence-electron chi connectivity index (χ1n) is 17.9. The molecule has 1 spiro atoms. The van der Waals surface area contributed by atoms with E-state index in [1.807, 2.05) is 25.7 Å². The second-order valence-electron chi connectivity index (χ2n) is 15.1. The van der Waals surface area contributed by atoms with Gasteiger partial charge in [0, 0.05) is 62.7 Å². The van der Waals surface area contributed by atoms with Gasteiger partial charge >= 0.3 is 6.09 Å². The van der Waals surface area contributed by atoms with E-state index in [0.29, 0.717) is 12.0 Å². The number of aliphatic hydroxyl groups is 1. The molecule has 48 heavy (non-hydrogen) atoms. The normalized spacial score (nSPS) is 18.6. The molecule has 3 aliphatic rings. The molecule has 0 aliphatic carbocycles. The van der Waals surface area contributed by atoms with Gasteiger partial charge in [0.05, 0.1) is 18.9 Å². The highest BCUT2D eigenvalue weighted by Crippen LogP contribution is 2.41. The molecular weight excluding hydrogens is 621 g/mol. The number of aliphatic hydroxyl groups excluding tert-OH is 1. The molecule has 3 aliphatic heterocycles. The Hall–Kier alpha value is -2.98. The molecule has 4 heterocycles. The number of benzene rings is 2. The number of fused-ring (bicyclic) bond motifs is 1. The van der Waals surface area contributed by atoms with Crippen LogP contribution in [-0.4, -0.2) is 95.5 Å². The summed E-state index contributed by atoms with van der Waals surface area (Å²) in [6.45, 7) is 18.5. The van der Waals surface area contributed by atoms with E-state index in [-0.39, 0.29) is 12.7 Å². The number of likely N-dealkylation sites (tertiary alicyclic amines) is 2. The summed E-state index contributed by atoms with van der Waals surface area (Å²) < 4.78 is 12.1. The van der Waals surface area contributed by atoms with Crippen molar-refractivity contribution in [1.82, 2.24) is 19.7 Å². The van der Waals surface area contributed by atoms with E-state index < -0.39 is 5.60 Å². The van der Waals surface area contributed by atoms with Gasteiger partial charge < -0.3 is 24.4 Å². The number of carbonyl (C=O) groups excluding carboxylic acids is 1. The minimum atomic E-state index is -0.451. The number of ether oxygens (including phenoxy) is 2. The maximum atomic E-state index is 12.6. The van der Waals surface area contributed by atoms with Gasteiger partial charge in [0.1, 0.15) is 16.4 Å². The lowest BCUT2D eigenvalue weighted by molar-refractivity contribution is -0.00672. The van der Waals surface area contributed by atoms with Crippen LogP contribution in [0.1, 0.15) is 74.6 Å². The Bertz CT molecular complexity index is 1570. The quantitative estimate of drug-likeness (QED) is 0.238. The lowest BCUT2D eigenvalue weighted by Crippen LogP contribution is -2.51. The van der Waals surface area contributed by atoms with E-state index in [1.54, 1.807) is 11.3 Å². The van der Waals surface area contributed by atoms with Crippen LogP contribution in [0.25, 0.3) is 21.7 Å². The molecule has 0 bridgehead atoms. The fraction of sp³-hybridized carbons (Fsp3) is 0.590. The average Bonchev–Trinajstić information content (AvgIpc) is 3.47. The summed E-state index contributed by atoms with van der Waals surface area (Å²) in [5.41, 5.74) is 7.11. The Balaban J connectivity index is 1.04. The number of nitrogens with zero attached hydrogens (tertiary/aromatic N) is 4. The zero-order chi connectivity index (χ0) is 33.9. The van der Waals surface area contributed by atoms with Crippen molar-refractivity contribution in [2.45, 2.75) is 85.3 Å². The van der Waals surface area contributed by atoms with Gasteiger partial charge in [-0.15, -0.1) is 11.3 Å². The molecule has 0 atom stereocenters. The Kier molecular flexibility index (Phi) is 10.8. The van der Waals surface area contributed by atoms with Crippen LogP contribution in [0.4, 0.5) is 4.79 Å². The molecule has 1 N–H and O–H groups in total. The third-order valence-corrected chi connectivity index (χ3v) is 11.6. The number of hydrogen-bond donors (Lipinski definition) is 1. The van der Waals surface area contributed by atoms with Crippen molar-refractivity contribution in [1.29, 1.82) is 0 Å². The summed E-state index contributed by atoms with van der Waals surface area (Å²) in [7, 11) is 0. The van der Waals surface area contributed by atoms with Crippen molar-refractivity contribution >= 4 is 17.4 Å². The molecule has 0 unspecified atom stereocenters. The number of hydrogen-bond acceptors (Lipinski definition) is 8. The molecule has 0 radical (unpaired) electrons. The fourth-order valence-electron chi connectivity index (χ4n) is 7.79. The third-order valence-electron chi connectivity index (χ3n) is 10.5. The van der Waals surface area contributed by atoms with E-state index in [0.717, 1.165) is 88.8 Å². The smallest absolute Gasteiger partial charge is 0.410 e. The first-order valence-corrected chi connectivity index (χ1v) is 18.7. The van der Waals surface area contributed by atoms with Crippen molar-refractivity contribution < 1.29 is 19.4 Å². The Labute approximate surface area is 291 Å². The van der Waals surface area contributed by atoms with Crippen LogP contribution in [0, 0.1) is 19.3 Å². The highest BCUT2D eigenvalue weighted by Gasteiger charge is 2.40. The molecule has 1 amide bonds. The van der Waals surface area contributed by atoms with Gasteiger partial charge in [-0.1, -0.05) is 30.3 Å². The number of piperidine rings is 2. The lowest BCUT2D eigenvalue weighted by Gasteiger charge is -2.47. The summed E-state index contributed by atoms with van der Waals surface area (Å²) in [4.78, 5) is 25.8. The molecular formula is C39H54N4O4S. The van der Waals surface area contributed by atoms with Gasteiger partial charge in [-0.2, -0.15) is 0 Å². The number of thiazole rings is 1. The van der Waals surface area contributed by atoms with Crippen molar-refractivity contribution in [3.05, 3.63) is 58.1 Å². The largest absolute Gasteiger partial charge is 0.493 e. The molecule has 2 fully saturated rings. The van der Waals surface area contributed by atoms with E-state index in [2.05, 4.69) is 60.0 Å². The van der Waals surface area contributed by atoms with E-state index in [4.69, 9.17) is 14.5 Å². The zero-order valence-electron chi connectivity index (χ0n) is 29.6. The molecule has 9 heteroatoms. The standard InChI is InChI=1S/C39H54N4O4S/c1-28-30(10-6-12-32(28)36-40-33-14-20-41(23-24-44)26-35(33)48-36)31-11-7-13-34(29(31)2)46-25-9-19-42-18-8-15-39(27-42)16-21-43(22-17-39)37(45)47-38(3,4)5/h6-7,10-13,44H,8-9,14-27H2,1-5H3. The van der Waals surface area contributed by atoms with Gasteiger partial charge in [0.2, 0.25) is 0 Å². The predicted octanol–water partition coefficient (Wildman–Crippen LogP) is 7.33. The first kappa shape index (κ1) is 34.9. The minimum Gasteiger partial charge on any atom is -0.493 e. The van der Waals surface area contributed by atoms with E-state index >= 15 is 0 Å². The molecule has 6 rings (SSSR count). The van der Waals surface area contributed by atoms with Gasteiger partial charge in [0.15, 0.2) is 0 Å². The molecule has 2 saturated heterocycles. The monoisotopic (exact) mass is 674 g/mol. The maximum absolute atomic E-state index is 12.6. The third kappa shape index (κ3) is 8.07. The van der Waals surface area contributed by atoms with Crippen LogP contribution < -0.4 is 4.74 Å². The Morgan fingerprint density at radius 3 is 2.42 bits per heavy atom. The van der Waals surface area contributed by atoms with Gasteiger partial charge in [-0.3, -0.25) is 4.90 Å². The molecule has 3 aromatic rings. The Morgan fingerprint density at radius 1 is 0.938 bits per heavy atom. The second kappa shape index (κ2) is 14.9. The number of aromatic nitrogens is 1. The van der Waals surface area contributed by atoms with Gasteiger partial charge in [0.25, 0.3) is 0 Å². The highest BCUT2D eigenvalue weighted by molar-refractivity contribution is 7.15. The molecule has 0 saturated carbocycles. The van der Waals surface area contributed by atoms with Crippen LogP contribution in [0.2, 0.25) is 0 Å². The molecule has 1 aromatic heterocycles. The SMILES string of the molecule is Cc1c(OCCCN2CCCC3(CCN(C(=O)OC(C)(C)C)CC3)C2)cccc1-c1cccc(-c2nc3c(s2)CN(CCO)CC3)c1C. The topological polar surface area (TPSA) is 78.4 Å². The number of rotatable bonds is 9. The molecule has 260 valence electrons. The minimum absolute atomic E-state index is 0.172. The van der Waals surface area contributed by atoms with Gasteiger partial charge in [-0.25, -0.2) is 9.78 Å². The summed E-state index contributed by atoms with van der Waals surface area (Å²) in [6, 6.07) is 13.0. The van der Waals surface area contributed by atoms with Crippen molar-refractivity contribution in [3.8, 4) is 27.4 Å². The molecule has 2 aromatic carbocycles. The van der Waals surface area contributed by atoms with Crippen molar-refractivity contribution in [3.63, 3.8) is 0 Å².